The predicted octanol–water partition coefficient (Wildman–Crippen LogP) is 6.11. The largest absolute Gasteiger partial charge is 0.416 e. The molecule has 1 aliphatic heterocycles. The van der Waals surface area contributed by atoms with Crippen molar-refractivity contribution in [2.45, 2.75) is 25.4 Å². The Labute approximate surface area is 173 Å². The minimum Gasteiger partial charge on any atom is -0.339 e. The van der Waals surface area contributed by atoms with Gasteiger partial charge in [-0.3, -0.25) is 4.79 Å². The van der Waals surface area contributed by atoms with Crippen LogP contribution in [0.2, 0.25) is 0 Å². The Balaban J connectivity index is 1.40. The van der Waals surface area contributed by atoms with Gasteiger partial charge in [-0.15, -0.1) is 0 Å². The van der Waals surface area contributed by atoms with Gasteiger partial charge in [-0.2, -0.15) is 13.2 Å². The van der Waals surface area contributed by atoms with Crippen LogP contribution in [0.5, 0.6) is 0 Å². The van der Waals surface area contributed by atoms with Crippen LogP contribution in [0.3, 0.4) is 0 Å². The number of benzene rings is 3. The second kappa shape index (κ2) is 8.34. The number of aryl methyl sites for hydroxylation is 1. The number of hydrogen-bond acceptors (Lipinski definition) is 1. The summed E-state index contributed by atoms with van der Waals surface area (Å²) in [5.74, 6) is 0.0716. The predicted molar refractivity (Wildman–Crippen MR) is 113 cm³/mol. The summed E-state index contributed by atoms with van der Waals surface area (Å²) in [5.41, 5.74) is 1.94. The molecule has 0 saturated carbocycles. The Morgan fingerprint density at radius 1 is 0.967 bits per heavy atom. The Hall–Kier alpha value is -3.08. The van der Waals surface area contributed by atoms with E-state index in [2.05, 4.69) is 24.3 Å². The molecule has 0 fully saturated rings. The molecule has 0 radical (unpaired) electrons. The van der Waals surface area contributed by atoms with E-state index < -0.39 is 11.7 Å². The lowest BCUT2D eigenvalue weighted by atomic mass is 9.97. The summed E-state index contributed by atoms with van der Waals surface area (Å²) < 4.78 is 38.9. The SMILES string of the molecule is O=C(CCc1cccc2ccccc12)N1CC=C(c2cccc(C(F)(F)F)c2)CC1. The maximum atomic E-state index is 13.0. The molecule has 5 heteroatoms. The maximum Gasteiger partial charge on any atom is 0.416 e. The van der Waals surface area contributed by atoms with Gasteiger partial charge in [-0.05, 0) is 52.4 Å². The normalized spacial score (nSPS) is 14.6. The Morgan fingerprint density at radius 3 is 2.50 bits per heavy atom. The topological polar surface area (TPSA) is 20.3 Å². The van der Waals surface area contributed by atoms with Gasteiger partial charge < -0.3 is 4.90 Å². The van der Waals surface area contributed by atoms with Crippen LogP contribution < -0.4 is 0 Å². The number of alkyl halides is 3. The van der Waals surface area contributed by atoms with Crippen LogP contribution in [-0.4, -0.2) is 23.9 Å². The number of carbonyl (C=O) groups is 1. The second-order valence-electron chi connectivity index (χ2n) is 7.54. The molecule has 0 N–H and O–H groups in total. The Kier molecular flexibility index (Phi) is 5.62. The zero-order chi connectivity index (χ0) is 21.1. The van der Waals surface area contributed by atoms with Crippen molar-refractivity contribution >= 4 is 22.3 Å². The van der Waals surface area contributed by atoms with Gasteiger partial charge >= 0.3 is 6.18 Å². The van der Waals surface area contributed by atoms with Crippen LogP contribution >= 0.6 is 0 Å². The Morgan fingerprint density at radius 2 is 1.73 bits per heavy atom. The van der Waals surface area contributed by atoms with Crippen LogP contribution in [0, 0.1) is 0 Å². The number of amides is 1. The highest BCUT2D eigenvalue weighted by atomic mass is 19.4. The summed E-state index contributed by atoms with van der Waals surface area (Å²) in [6.45, 7) is 0.955. The van der Waals surface area contributed by atoms with E-state index in [1.165, 1.54) is 12.1 Å². The zero-order valence-electron chi connectivity index (χ0n) is 16.5. The van der Waals surface area contributed by atoms with Gasteiger partial charge in [0.2, 0.25) is 5.91 Å². The van der Waals surface area contributed by atoms with E-state index >= 15 is 0 Å². The molecule has 4 rings (SSSR count). The lowest BCUT2D eigenvalue weighted by Gasteiger charge is -2.27. The van der Waals surface area contributed by atoms with Gasteiger partial charge in [-0.1, -0.05) is 60.7 Å². The smallest absolute Gasteiger partial charge is 0.339 e. The molecule has 1 heterocycles. The maximum absolute atomic E-state index is 13.0. The molecule has 0 saturated heterocycles. The molecule has 2 nitrogen and oxygen atoms in total. The summed E-state index contributed by atoms with van der Waals surface area (Å²) in [6.07, 6.45) is -0.841. The molecule has 0 unspecified atom stereocenters. The van der Waals surface area contributed by atoms with Crippen molar-refractivity contribution in [2.24, 2.45) is 0 Å². The molecule has 30 heavy (non-hydrogen) atoms. The fourth-order valence-corrected chi connectivity index (χ4v) is 3.96. The summed E-state index contributed by atoms with van der Waals surface area (Å²) in [4.78, 5) is 14.5. The van der Waals surface area contributed by atoms with Gasteiger partial charge in [0.05, 0.1) is 5.56 Å². The first-order chi connectivity index (χ1) is 14.4. The van der Waals surface area contributed by atoms with Gasteiger partial charge in [0, 0.05) is 19.5 Å². The molecule has 3 aromatic rings. The van der Waals surface area contributed by atoms with Crippen molar-refractivity contribution in [1.29, 1.82) is 0 Å². The molecule has 0 spiro atoms. The minimum absolute atomic E-state index is 0.0716. The number of fused-ring (bicyclic) bond motifs is 1. The third-order valence-corrected chi connectivity index (χ3v) is 5.61. The van der Waals surface area contributed by atoms with Gasteiger partial charge in [0.1, 0.15) is 0 Å². The lowest BCUT2D eigenvalue weighted by Crippen LogP contribution is -2.34. The van der Waals surface area contributed by atoms with E-state index in [1.807, 2.05) is 24.3 Å². The van der Waals surface area contributed by atoms with E-state index in [0.29, 0.717) is 37.9 Å². The van der Waals surface area contributed by atoms with Crippen molar-refractivity contribution in [1.82, 2.24) is 4.90 Å². The molecule has 0 atom stereocenters. The molecule has 1 amide bonds. The summed E-state index contributed by atoms with van der Waals surface area (Å²) in [5, 5.41) is 2.33. The quantitative estimate of drug-likeness (QED) is 0.509. The number of carbonyl (C=O) groups excluding carboxylic acids is 1. The highest BCUT2D eigenvalue weighted by molar-refractivity contribution is 5.86. The first-order valence-electron chi connectivity index (χ1n) is 10.0. The molecular formula is C25H22F3NO. The number of hydrogen-bond donors (Lipinski definition) is 0. The molecular weight excluding hydrogens is 387 g/mol. The highest BCUT2D eigenvalue weighted by Crippen LogP contribution is 2.32. The zero-order valence-corrected chi connectivity index (χ0v) is 16.5. The average Bonchev–Trinajstić information content (AvgIpc) is 2.77. The van der Waals surface area contributed by atoms with Crippen molar-refractivity contribution in [3.05, 3.63) is 89.5 Å². The third-order valence-electron chi connectivity index (χ3n) is 5.61. The summed E-state index contributed by atoms with van der Waals surface area (Å²) in [6, 6.07) is 19.6. The first-order valence-corrected chi connectivity index (χ1v) is 10.0. The molecule has 0 aliphatic carbocycles. The van der Waals surface area contributed by atoms with Crippen molar-refractivity contribution in [2.75, 3.05) is 13.1 Å². The molecule has 0 bridgehead atoms. The van der Waals surface area contributed by atoms with Gasteiger partial charge in [0.15, 0.2) is 0 Å². The van der Waals surface area contributed by atoms with E-state index in [-0.39, 0.29) is 5.91 Å². The highest BCUT2D eigenvalue weighted by Gasteiger charge is 2.30. The second-order valence-corrected chi connectivity index (χ2v) is 7.54. The number of rotatable bonds is 4. The lowest BCUT2D eigenvalue weighted by molar-refractivity contribution is -0.137. The molecule has 0 aromatic heterocycles. The number of nitrogens with zero attached hydrogens (tertiary/aromatic N) is 1. The Bertz CT molecular complexity index is 1100. The van der Waals surface area contributed by atoms with E-state index in [1.54, 1.807) is 11.0 Å². The molecule has 3 aromatic carbocycles. The minimum atomic E-state index is -4.35. The summed E-state index contributed by atoms with van der Waals surface area (Å²) >= 11 is 0. The van der Waals surface area contributed by atoms with Crippen molar-refractivity contribution < 1.29 is 18.0 Å². The van der Waals surface area contributed by atoms with Crippen molar-refractivity contribution in [3.63, 3.8) is 0 Å². The fourth-order valence-electron chi connectivity index (χ4n) is 3.96. The van der Waals surface area contributed by atoms with Crippen LogP contribution in [0.4, 0.5) is 13.2 Å². The molecule has 1 aliphatic rings. The van der Waals surface area contributed by atoms with E-state index in [4.69, 9.17) is 0 Å². The van der Waals surface area contributed by atoms with Gasteiger partial charge in [0.25, 0.3) is 0 Å². The van der Waals surface area contributed by atoms with E-state index in [9.17, 15) is 18.0 Å². The average molecular weight is 409 g/mol. The van der Waals surface area contributed by atoms with Crippen LogP contribution in [-0.2, 0) is 17.4 Å². The van der Waals surface area contributed by atoms with Crippen LogP contribution in [0.1, 0.15) is 29.5 Å². The van der Waals surface area contributed by atoms with Crippen LogP contribution in [0.15, 0.2) is 72.8 Å². The van der Waals surface area contributed by atoms with Crippen molar-refractivity contribution in [3.8, 4) is 0 Å². The van der Waals surface area contributed by atoms with Gasteiger partial charge in [-0.25, -0.2) is 0 Å². The standard InChI is InChI=1S/C25H22F3NO/c26-25(27,28)22-9-4-8-21(17-22)18-13-15-29(16-14-18)24(30)12-11-20-7-3-6-19-5-1-2-10-23(19)20/h1-10,13,17H,11-12,14-16H2. The molecule has 154 valence electrons. The first kappa shape index (κ1) is 20.2. The monoisotopic (exact) mass is 409 g/mol. The fraction of sp³-hybridized carbons (Fsp3) is 0.240. The third kappa shape index (κ3) is 4.40. The van der Waals surface area contributed by atoms with Crippen LogP contribution in [0.25, 0.3) is 16.3 Å². The van der Waals surface area contributed by atoms with E-state index in [0.717, 1.165) is 28.0 Å². The number of halogens is 3. The summed E-state index contributed by atoms with van der Waals surface area (Å²) in [7, 11) is 0.